The molecule has 0 bridgehead atoms. The Bertz CT molecular complexity index is 104. The van der Waals surface area contributed by atoms with Crippen LogP contribution in [0.2, 0.25) is 0 Å². The molecule has 0 aromatic rings. The smallest absolute Gasteiger partial charge is 0.102 e. The van der Waals surface area contributed by atoms with Gasteiger partial charge in [0.2, 0.25) is 0 Å². The molecule has 1 rings (SSSR count). The standard InChI is InChI=1S/C3H5N3.C2H6/c1-3-2-4-6-5-3;1-2/h2H2,1H3;1-2H3. The molecule has 3 nitrogen and oxygen atoms in total. The van der Waals surface area contributed by atoms with Gasteiger partial charge in [0.1, 0.15) is 6.54 Å². The van der Waals surface area contributed by atoms with Crippen LogP contribution < -0.4 is 0 Å². The fraction of sp³-hybridized carbons (Fsp3) is 0.800. The van der Waals surface area contributed by atoms with Crippen LogP contribution in [-0.4, -0.2) is 12.3 Å². The third-order valence-corrected chi connectivity index (χ3v) is 0.578. The first-order valence-electron chi connectivity index (χ1n) is 2.79. The molecule has 0 atom stereocenters. The van der Waals surface area contributed by atoms with Gasteiger partial charge in [0.05, 0.1) is 5.71 Å². The highest BCUT2D eigenvalue weighted by molar-refractivity contribution is 5.84. The van der Waals surface area contributed by atoms with E-state index in [4.69, 9.17) is 0 Å². The van der Waals surface area contributed by atoms with Gasteiger partial charge in [0.25, 0.3) is 0 Å². The Morgan fingerprint density at radius 1 is 1.38 bits per heavy atom. The maximum absolute atomic E-state index is 3.61. The van der Waals surface area contributed by atoms with E-state index in [0.29, 0.717) is 6.54 Å². The van der Waals surface area contributed by atoms with Gasteiger partial charge in [-0.25, -0.2) is 0 Å². The maximum Gasteiger partial charge on any atom is 0.102 e. The molecule has 46 valence electrons. The maximum atomic E-state index is 3.61. The summed E-state index contributed by atoms with van der Waals surface area (Å²) in [5.41, 5.74) is 0.995. The summed E-state index contributed by atoms with van der Waals surface area (Å²) in [5.74, 6) is 0. The minimum Gasteiger partial charge on any atom is -0.163 e. The molecule has 0 N–H and O–H groups in total. The van der Waals surface area contributed by atoms with Gasteiger partial charge in [-0.3, -0.25) is 0 Å². The third kappa shape index (κ3) is 2.44. The first-order chi connectivity index (χ1) is 3.89. The van der Waals surface area contributed by atoms with Gasteiger partial charge >= 0.3 is 0 Å². The van der Waals surface area contributed by atoms with Crippen LogP contribution in [0.5, 0.6) is 0 Å². The monoisotopic (exact) mass is 113 g/mol. The molecular weight excluding hydrogens is 102 g/mol. The Labute approximate surface area is 49.5 Å². The lowest BCUT2D eigenvalue weighted by atomic mass is 10.4. The molecule has 0 aromatic carbocycles. The highest BCUT2D eigenvalue weighted by Crippen LogP contribution is 1.90. The molecule has 0 saturated heterocycles. The largest absolute Gasteiger partial charge is 0.163 e. The first kappa shape index (κ1) is 7.27. The molecule has 0 aliphatic carbocycles. The summed E-state index contributed by atoms with van der Waals surface area (Å²) in [6, 6.07) is 0. The van der Waals surface area contributed by atoms with Gasteiger partial charge in [0, 0.05) is 0 Å². The molecule has 8 heavy (non-hydrogen) atoms. The summed E-state index contributed by atoms with van der Waals surface area (Å²) in [5, 5.41) is 10.6. The van der Waals surface area contributed by atoms with Crippen molar-refractivity contribution in [1.29, 1.82) is 0 Å². The van der Waals surface area contributed by atoms with Crippen LogP contribution in [0.1, 0.15) is 20.8 Å². The predicted octanol–water partition coefficient (Wildman–Crippen LogP) is 1.85. The number of hydrogen-bond acceptors (Lipinski definition) is 3. The van der Waals surface area contributed by atoms with Crippen molar-refractivity contribution >= 4 is 5.71 Å². The summed E-state index contributed by atoms with van der Waals surface area (Å²) in [6.45, 7) is 6.60. The van der Waals surface area contributed by atoms with E-state index in [-0.39, 0.29) is 0 Å². The van der Waals surface area contributed by atoms with Crippen molar-refractivity contribution in [3.05, 3.63) is 0 Å². The fourth-order valence-corrected chi connectivity index (χ4v) is 0.274. The molecule has 0 saturated carbocycles. The molecule has 1 aliphatic rings. The van der Waals surface area contributed by atoms with Crippen molar-refractivity contribution in [3.8, 4) is 0 Å². The molecule has 0 fully saturated rings. The van der Waals surface area contributed by atoms with Crippen LogP contribution in [0, 0.1) is 0 Å². The van der Waals surface area contributed by atoms with Gasteiger partial charge in [-0.2, -0.15) is 5.11 Å². The van der Waals surface area contributed by atoms with Crippen molar-refractivity contribution in [2.45, 2.75) is 20.8 Å². The topological polar surface area (TPSA) is 37.1 Å². The third-order valence-electron chi connectivity index (χ3n) is 0.578. The Hall–Kier alpha value is -0.730. The van der Waals surface area contributed by atoms with Gasteiger partial charge < -0.3 is 0 Å². The van der Waals surface area contributed by atoms with Crippen LogP contribution in [0.25, 0.3) is 0 Å². The molecular formula is C5H11N3. The molecule has 0 spiro atoms. The van der Waals surface area contributed by atoms with Crippen LogP contribution in [0.3, 0.4) is 0 Å². The van der Waals surface area contributed by atoms with E-state index in [1.54, 1.807) is 0 Å². The van der Waals surface area contributed by atoms with E-state index in [2.05, 4.69) is 15.4 Å². The summed E-state index contributed by atoms with van der Waals surface area (Å²) < 4.78 is 0. The predicted molar refractivity (Wildman–Crippen MR) is 34.2 cm³/mol. The highest BCUT2D eigenvalue weighted by Gasteiger charge is 1.91. The number of hydrogen-bond donors (Lipinski definition) is 0. The lowest BCUT2D eigenvalue weighted by molar-refractivity contribution is 1.06. The normalized spacial score (nSPS) is 14.6. The Morgan fingerprint density at radius 2 is 2.00 bits per heavy atom. The average Bonchev–Trinajstić information content (AvgIpc) is 2.24. The van der Waals surface area contributed by atoms with Crippen LogP contribution in [0.4, 0.5) is 0 Å². The lowest BCUT2D eigenvalue weighted by Gasteiger charge is -1.71. The lowest BCUT2D eigenvalue weighted by Crippen LogP contribution is -1.87. The minimum atomic E-state index is 0.694. The first-order valence-corrected chi connectivity index (χ1v) is 2.79. The zero-order valence-electron chi connectivity index (χ0n) is 5.55. The fourth-order valence-electron chi connectivity index (χ4n) is 0.274. The molecule has 1 aliphatic heterocycles. The van der Waals surface area contributed by atoms with Crippen molar-refractivity contribution in [2.75, 3.05) is 6.54 Å². The van der Waals surface area contributed by atoms with Crippen molar-refractivity contribution in [3.63, 3.8) is 0 Å². The molecule has 0 unspecified atom stereocenters. The van der Waals surface area contributed by atoms with E-state index in [0.717, 1.165) is 5.71 Å². The van der Waals surface area contributed by atoms with Crippen molar-refractivity contribution < 1.29 is 0 Å². The minimum absolute atomic E-state index is 0.694. The van der Waals surface area contributed by atoms with Gasteiger partial charge in [-0.05, 0) is 12.1 Å². The van der Waals surface area contributed by atoms with E-state index in [1.807, 2.05) is 20.8 Å². The van der Waals surface area contributed by atoms with Crippen LogP contribution in [0.15, 0.2) is 15.4 Å². The molecule has 1 heterocycles. The summed E-state index contributed by atoms with van der Waals surface area (Å²) in [7, 11) is 0. The zero-order valence-corrected chi connectivity index (χ0v) is 5.55. The Kier molecular flexibility index (Phi) is 4.03. The SMILES string of the molecule is CC.CC1=NN=NC1. The highest BCUT2D eigenvalue weighted by atomic mass is 15.4. The van der Waals surface area contributed by atoms with E-state index in [9.17, 15) is 0 Å². The Morgan fingerprint density at radius 3 is 2.12 bits per heavy atom. The van der Waals surface area contributed by atoms with Crippen LogP contribution in [-0.2, 0) is 0 Å². The van der Waals surface area contributed by atoms with Crippen LogP contribution >= 0.6 is 0 Å². The van der Waals surface area contributed by atoms with Crippen molar-refractivity contribution in [1.82, 2.24) is 0 Å². The van der Waals surface area contributed by atoms with Gasteiger partial charge in [0.15, 0.2) is 0 Å². The second kappa shape index (κ2) is 4.43. The van der Waals surface area contributed by atoms with Crippen molar-refractivity contribution in [2.24, 2.45) is 15.4 Å². The molecule has 0 aromatic heterocycles. The quantitative estimate of drug-likeness (QED) is 0.459. The van der Waals surface area contributed by atoms with Gasteiger partial charge in [-0.15, -0.1) is 5.10 Å². The molecule has 3 heteroatoms. The summed E-state index contributed by atoms with van der Waals surface area (Å²) >= 11 is 0. The average molecular weight is 113 g/mol. The second-order valence-electron chi connectivity index (χ2n) is 1.22. The second-order valence-corrected chi connectivity index (χ2v) is 1.22. The Balaban J connectivity index is 0.000000222. The van der Waals surface area contributed by atoms with E-state index >= 15 is 0 Å². The molecule has 0 amide bonds. The summed E-state index contributed by atoms with van der Waals surface area (Å²) in [4.78, 5) is 0. The zero-order chi connectivity index (χ0) is 6.41. The van der Waals surface area contributed by atoms with E-state index < -0.39 is 0 Å². The summed E-state index contributed by atoms with van der Waals surface area (Å²) in [6.07, 6.45) is 0. The van der Waals surface area contributed by atoms with Gasteiger partial charge in [-0.1, -0.05) is 13.8 Å². The molecule has 0 radical (unpaired) electrons. The number of nitrogens with zero attached hydrogens (tertiary/aromatic N) is 3. The number of rotatable bonds is 0. The van der Waals surface area contributed by atoms with E-state index in [1.165, 1.54) is 0 Å².